The van der Waals surface area contributed by atoms with Gasteiger partial charge >= 0.3 is 190 Å². The molecule has 10 heteroatoms. The zero-order valence-electron chi connectivity index (χ0n) is 26.9. The molecule has 242 valence electrons. The van der Waals surface area contributed by atoms with E-state index >= 15 is 0 Å². The molecule has 0 spiro atoms. The first-order valence-corrected chi connectivity index (χ1v) is 24.1. The molecular formula is C35H45Cl2IN4Se2Si. The molecule has 2 unspecified atom stereocenters. The minimum Gasteiger partial charge on any atom is -1.00 e. The second-order valence-corrected chi connectivity index (χ2v) is 23.8. The van der Waals surface area contributed by atoms with Gasteiger partial charge in [0.05, 0.1) is 28.1 Å². The van der Waals surface area contributed by atoms with Gasteiger partial charge in [-0.3, -0.25) is 0 Å². The van der Waals surface area contributed by atoms with E-state index < -0.39 is 8.07 Å². The van der Waals surface area contributed by atoms with Crippen molar-refractivity contribution in [3.05, 3.63) is 93.6 Å². The summed E-state index contributed by atoms with van der Waals surface area (Å²) in [4.78, 5) is 5.26. The van der Waals surface area contributed by atoms with Crippen LogP contribution in [0, 0.1) is 0 Å². The molecule has 1 N–H and O–H groups in total. The summed E-state index contributed by atoms with van der Waals surface area (Å²) in [6.45, 7) is 15.9. The van der Waals surface area contributed by atoms with Crippen molar-refractivity contribution in [2.45, 2.75) is 62.1 Å². The van der Waals surface area contributed by atoms with Crippen LogP contribution in [0.3, 0.4) is 0 Å². The van der Waals surface area contributed by atoms with Gasteiger partial charge in [-0.25, -0.2) is 0 Å². The van der Waals surface area contributed by atoms with Gasteiger partial charge in [-0.15, -0.1) is 0 Å². The molecule has 45 heavy (non-hydrogen) atoms. The Balaban J connectivity index is 0.000000243. The van der Waals surface area contributed by atoms with Crippen LogP contribution in [0.5, 0.6) is 0 Å². The number of benzene rings is 2. The molecule has 4 nitrogen and oxygen atoms in total. The van der Waals surface area contributed by atoms with Crippen molar-refractivity contribution in [3.8, 4) is 0 Å². The van der Waals surface area contributed by atoms with Gasteiger partial charge in [-0.05, 0) is 26.0 Å². The van der Waals surface area contributed by atoms with E-state index in [1.54, 1.807) is 5.71 Å². The van der Waals surface area contributed by atoms with E-state index in [4.69, 9.17) is 23.2 Å². The van der Waals surface area contributed by atoms with E-state index in [0.717, 1.165) is 19.8 Å². The second-order valence-electron chi connectivity index (χ2n) is 12.6. The van der Waals surface area contributed by atoms with Crippen LogP contribution in [0.25, 0.3) is 0 Å². The third-order valence-electron chi connectivity index (χ3n) is 8.21. The molecule has 0 radical (unpaired) electrons. The predicted octanol–water partition coefficient (Wildman–Crippen LogP) is 5.06. The average molecular weight is 906 g/mol. The Bertz CT molecular complexity index is 1440. The number of hydrogen-bond acceptors (Lipinski definition) is 3. The fourth-order valence-electron chi connectivity index (χ4n) is 5.84. The topological polar surface area (TPSA) is 21.5 Å². The first-order chi connectivity index (χ1) is 21.2. The maximum atomic E-state index is 6.03. The van der Waals surface area contributed by atoms with Gasteiger partial charge in [0, 0.05) is 13.1 Å². The Hall–Kier alpha value is -0.964. The molecule has 4 aliphatic rings. The summed E-state index contributed by atoms with van der Waals surface area (Å²) >= 11 is 13.1. The number of halogens is 3. The Morgan fingerprint density at radius 1 is 1.02 bits per heavy atom. The first-order valence-electron chi connectivity index (χ1n) is 15.7. The molecular weight excluding hydrogens is 860 g/mol. The van der Waals surface area contributed by atoms with E-state index in [9.17, 15) is 0 Å². The Morgan fingerprint density at radius 2 is 1.71 bits per heavy atom. The van der Waals surface area contributed by atoms with Crippen LogP contribution >= 0.6 is 23.2 Å². The molecule has 3 heterocycles. The normalized spacial score (nSPS) is 20.9. The standard InChI is InChI=1S/C24H31N2Se2Si.C11H14Cl2N2.HI/c1-29(2,3)17-9-16-26-19(18-27-23-14-7-5-12-21(23)26)10-8-15-24-25-20-11-4-6-13-22(20)28-24;1-3-14-7-15(4-2)11-6-9(13)8(12)5-10(11)14;/h4-8,10-15,19,23,25H,9,16-18H2,1-3H3;5-6H,3-4,7H2,1-2H3;1H/q+1;;/p-1. The van der Waals surface area contributed by atoms with Crippen LogP contribution in [0.15, 0.2) is 83.5 Å². The monoisotopic (exact) mass is 906 g/mol. The predicted molar refractivity (Wildman–Crippen MR) is 199 cm³/mol. The first kappa shape index (κ1) is 36.9. The number of nitrogens with zero attached hydrogens (tertiary/aromatic N) is 3. The van der Waals surface area contributed by atoms with E-state index in [1.807, 2.05) is 12.1 Å². The molecule has 2 atom stereocenters. The molecule has 6 rings (SSSR count). The van der Waals surface area contributed by atoms with Crippen LogP contribution in [0.2, 0.25) is 45.9 Å². The number of rotatable bonds is 8. The van der Waals surface area contributed by atoms with Crippen LogP contribution < -0.4 is 43.6 Å². The zero-order valence-corrected chi connectivity index (χ0v) is 35.0. The van der Waals surface area contributed by atoms with Crippen LogP contribution in [0.4, 0.5) is 17.1 Å². The molecule has 0 saturated carbocycles. The van der Waals surface area contributed by atoms with E-state index in [0.29, 0.717) is 50.8 Å². The second kappa shape index (κ2) is 16.9. The third-order valence-corrected chi connectivity index (χ3v) is 15.7. The number of anilines is 3. The number of allylic oxidation sites excluding steroid dienone is 6. The fourth-order valence-corrected chi connectivity index (χ4v) is 12.0. The van der Waals surface area contributed by atoms with Crippen molar-refractivity contribution >= 4 is 88.4 Å². The van der Waals surface area contributed by atoms with Gasteiger partial charge in [0.1, 0.15) is 0 Å². The van der Waals surface area contributed by atoms with Crippen LogP contribution in [-0.4, -0.2) is 80.6 Å². The number of fused-ring (bicyclic) bond motifs is 3. The molecule has 0 fully saturated rings. The Labute approximate surface area is 311 Å². The molecule has 1 aliphatic carbocycles. The summed E-state index contributed by atoms with van der Waals surface area (Å²) in [7, 11) is -0.979. The molecule has 0 saturated heterocycles. The van der Waals surface area contributed by atoms with Crippen molar-refractivity contribution in [2.75, 3.05) is 41.4 Å². The molecule has 2 aromatic rings. The summed E-state index contributed by atoms with van der Waals surface area (Å²) in [6, 6.07) is 14.6. The quantitative estimate of drug-likeness (QED) is 0.228. The summed E-state index contributed by atoms with van der Waals surface area (Å²) in [5.41, 5.74) is 5.23. The van der Waals surface area contributed by atoms with Gasteiger partial charge in [0.25, 0.3) is 0 Å². The van der Waals surface area contributed by atoms with E-state index in [1.165, 1.54) is 50.4 Å². The Morgan fingerprint density at radius 3 is 2.36 bits per heavy atom. The largest absolute Gasteiger partial charge is 1.00 e. The minimum absolute atomic E-state index is 0. The third kappa shape index (κ3) is 9.57. The van der Waals surface area contributed by atoms with E-state index in [2.05, 4.69) is 120 Å². The number of para-hydroxylation sites is 1. The van der Waals surface area contributed by atoms with Crippen molar-refractivity contribution in [2.24, 2.45) is 0 Å². The average Bonchev–Trinajstić information content (AvgIpc) is 3.58. The summed E-state index contributed by atoms with van der Waals surface area (Å²) in [6.07, 6.45) is 17.7. The molecule has 3 aliphatic heterocycles. The van der Waals surface area contributed by atoms with Gasteiger partial charge in [-0.2, -0.15) is 0 Å². The maximum absolute atomic E-state index is 6.03. The molecule has 0 aromatic heterocycles. The van der Waals surface area contributed by atoms with Gasteiger partial charge in [0.2, 0.25) is 0 Å². The summed E-state index contributed by atoms with van der Waals surface area (Å²) in [5, 5.41) is 6.16. The number of nitrogens with one attached hydrogen (secondary N) is 1. The molecule has 0 bridgehead atoms. The molecule has 0 amide bonds. The number of hydrogen-bond donors (Lipinski definition) is 1. The van der Waals surface area contributed by atoms with Gasteiger partial charge in [0.15, 0.2) is 0 Å². The summed E-state index contributed by atoms with van der Waals surface area (Å²) < 4.78 is 5.55. The summed E-state index contributed by atoms with van der Waals surface area (Å²) in [5.74, 6) is 0. The molecule has 2 aromatic carbocycles. The van der Waals surface area contributed by atoms with Crippen molar-refractivity contribution < 1.29 is 28.6 Å². The van der Waals surface area contributed by atoms with Crippen molar-refractivity contribution in [3.63, 3.8) is 0 Å². The van der Waals surface area contributed by atoms with E-state index in [-0.39, 0.29) is 24.0 Å². The minimum atomic E-state index is -0.979. The van der Waals surface area contributed by atoms with Crippen molar-refractivity contribution in [1.82, 2.24) is 0 Å². The van der Waals surface area contributed by atoms with Crippen LogP contribution in [-0.2, 0) is 0 Å². The SMILES string of the molecule is CCN1CN(CC)c2cc(Cl)c(Cl)cc21.C[Si](C)(C)CCC[N+]1=C2C=CC=CC2[Se]CC1C=CC=C1Nc2ccccc2[Se]1.[I-]. The van der Waals surface area contributed by atoms with Gasteiger partial charge in [-0.1, -0.05) is 23.2 Å². The fraction of sp³-hybridized carbons (Fsp3) is 0.400. The van der Waals surface area contributed by atoms with Crippen LogP contribution in [0.1, 0.15) is 20.3 Å². The smallest absolute Gasteiger partial charge is 1.00 e. The van der Waals surface area contributed by atoms with Gasteiger partial charge < -0.3 is 33.8 Å². The zero-order chi connectivity index (χ0) is 31.3. The Kier molecular flexibility index (Phi) is 13.9. The van der Waals surface area contributed by atoms with Crippen molar-refractivity contribution in [1.29, 1.82) is 0 Å². The maximum Gasteiger partial charge on any atom is -1.00 e.